The summed E-state index contributed by atoms with van der Waals surface area (Å²) in [6.45, 7) is 4.08. The molecule has 4 heteroatoms. The number of amides is 1. The standard InChI is InChI=1S/C17H24N2O.ClH/c1-2-17(9-5-10-17)12-19-16(20)14-6-3-8-15-13(14)7-4-11-18-15;/h3,6,8,18H,2,4-5,7,9-12H2,1H3,(H,19,20);1H. The Hall–Kier alpha value is -1.22. The first kappa shape index (κ1) is 16.2. The molecular weight excluding hydrogens is 284 g/mol. The van der Waals surface area contributed by atoms with Gasteiger partial charge in [0.2, 0.25) is 0 Å². The molecule has 0 radical (unpaired) electrons. The van der Waals surface area contributed by atoms with Gasteiger partial charge >= 0.3 is 0 Å². The number of carbonyl (C=O) groups is 1. The third-order valence-electron chi connectivity index (χ3n) is 5.13. The molecule has 0 unspecified atom stereocenters. The molecule has 1 heterocycles. The normalized spacial score (nSPS) is 18.5. The van der Waals surface area contributed by atoms with Crippen molar-refractivity contribution in [1.82, 2.24) is 5.32 Å². The quantitative estimate of drug-likeness (QED) is 0.889. The van der Waals surface area contributed by atoms with Gasteiger partial charge in [0.25, 0.3) is 5.91 Å². The van der Waals surface area contributed by atoms with Gasteiger partial charge in [0.15, 0.2) is 0 Å². The summed E-state index contributed by atoms with van der Waals surface area (Å²) in [5.41, 5.74) is 3.57. The van der Waals surface area contributed by atoms with Crippen molar-refractivity contribution < 1.29 is 4.79 Å². The number of fused-ring (bicyclic) bond motifs is 1. The van der Waals surface area contributed by atoms with Crippen LogP contribution in [0, 0.1) is 5.41 Å². The summed E-state index contributed by atoms with van der Waals surface area (Å²) in [5.74, 6) is 0.102. The topological polar surface area (TPSA) is 41.1 Å². The molecule has 0 saturated heterocycles. The number of halogens is 1. The predicted octanol–water partition coefficient (Wildman–Crippen LogP) is 3.78. The lowest BCUT2D eigenvalue weighted by molar-refractivity contribution is 0.0849. The van der Waals surface area contributed by atoms with Crippen molar-refractivity contribution in [2.24, 2.45) is 5.41 Å². The van der Waals surface area contributed by atoms with Crippen LogP contribution in [0.1, 0.15) is 54.9 Å². The molecule has 1 aromatic carbocycles. The largest absolute Gasteiger partial charge is 0.385 e. The summed E-state index contributed by atoms with van der Waals surface area (Å²) in [7, 11) is 0. The van der Waals surface area contributed by atoms with Crippen molar-refractivity contribution >= 4 is 24.0 Å². The minimum atomic E-state index is 0. The Morgan fingerprint density at radius 3 is 2.81 bits per heavy atom. The first-order valence-electron chi connectivity index (χ1n) is 7.88. The van der Waals surface area contributed by atoms with Crippen LogP contribution in [0.15, 0.2) is 18.2 Å². The summed E-state index contributed by atoms with van der Waals surface area (Å²) in [6, 6.07) is 6.01. The van der Waals surface area contributed by atoms with Crippen molar-refractivity contribution in [3.63, 3.8) is 0 Å². The Kier molecular flexibility index (Phi) is 5.15. The van der Waals surface area contributed by atoms with Crippen LogP contribution in [0.2, 0.25) is 0 Å². The molecule has 1 aromatic rings. The fourth-order valence-electron chi connectivity index (χ4n) is 3.42. The first-order valence-corrected chi connectivity index (χ1v) is 7.88. The van der Waals surface area contributed by atoms with E-state index in [-0.39, 0.29) is 18.3 Å². The fourth-order valence-corrected chi connectivity index (χ4v) is 3.42. The third kappa shape index (κ3) is 3.18. The number of benzene rings is 1. The van der Waals surface area contributed by atoms with Crippen molar-refractivity contribution in [3.05, 3.63) is 29.3 Å². The molecule has 0 spiro atoms. The number of carbonyl (C=O) groups excluding carboxylic acids is 1. The van der Waals surface area contributed by atoms with Crippen molar-refractivity contribution in [1.29, 1.82) is 0 Å². The number of rotatable bonds is 4. The van der Waals surface area contributed by atoms with Crippen LogP contribution in [-0.2, 0) is 6.42 Å². The van der Waals surface area contributed by atoms with Gasteiger partial charge in [0, 0.05) is 24.3 Å². The molecule has 1 fully saturated rings. The van der Waals surface area contributed by atoms with Gasteiger partial charge in [-0.05, 0) is 55.2 Å². The number of hydrogen-bond donors (Lipinski definition) is 2. The third-order valence-corrected chi connectivity index (χ3v) is 5.13. The average molecular weight is 309 g/mol. The van der Waals surface area contributed by atoms with Crippen LogP contribution in [0.25, 0.3) is 0 Å². The Bertz CT molecular complexity index is 506. The lowest BCUT2D eigenvalue weighted by atomic mass is 9.67. The SMILES string of the molecule is CCC1(CNC(=O)c2cccc3c2CCCN3)CCC1.Cl. The van der Waals surface area contributed by atoms with Crippen molar-refractivity contribution in [2.75, 3.05) is 18.4 Å². The number of anilines is 1. The molecule has 3 nitrogen and oxygen atoms in total. The van der Waals surface area contributed by atoms with E-state index in [0.717, 1.165) is 37.2 Å². The second-order valence-electron chi connectivity index (χ2n) is 6.25. The summed E-state index contributed by atoms with van der Waals surface area (Å²) < 4.78 is 0. The minimum absolute atomic E-state index is 0. The monoisotopic (exact) mass is 308 g/mol. The molecule has 21 heavy (non-hydrogen) atoms. The highest BCUT2D eigenvalue weighted by molar-refractivity contribution is 5.97. The molecule has 0 atom stereocenters. The van der Waals surface area contributed by atoms with Crippen LogP contribution < -0.4 is 10.6 Å². The maximum absolute atomic E-state index is 12.5. The van der Waals surface area contributed by atoms with Crippen molar-refractivity contribution in [2.45, 2.75) is 45.4 Å². The molecule has 1 saturated carbocycles. The zero-order valence-electron chi connectivity index (χ0n) is 12.7. The Labute approximate surface area is 133 Å². The Morgan fingerprint density at radius 1 is 1.33 bits per heavy atom. The van der Waals surface area contributed by atoms with Crippen molar-refractivity contribution in [3.8, 4) is 0 Å². The van der Waals surface area contributed by atoms with E-state index in [9.17, 15) is 4.79 Å². The van der Waals surface area contributed by atoms with E-state index >= 15 is 0 Å². The summed E-state index contributed by atoms with van der Waals surface area (Å²) >= 11 is 0. The Balaban J connectivity index is 0.00000161. The summed E-state index contributed by atoms with van der Waals surface area (Å²) in [5, 5.41) is 6.56. The molecule has 1 aliphatic heterocycles. The molecule has 0 bridgehead atoms. The van der Waals surface area contributed by atoms with Gasteiger partial charge in [-0.1, -0.05) is 19.4 Å². The lowest BCUT2D eigenvalue weighted by Gasteiger charge is -2.41. The maximum atomic E-state index is 12.5. The molecule has 1 aliphatic carbocycles. The molecule has 1 amide bonds. The average Bonchev–Trinajstić information content (AvgIpc) is 2.46. The van der Waals surface area contributed by atoms with Crippen LogP contribution in [-0.4, -0.2) is 19.0 Å². The van der Waals surface area contributed by atoms with E-state index < -0.39 is 0 Å². The second-order valence-corrected chi connectivity index (χ2v) is 6.25. The van der Waals surface area contributed by atoms with Gasteiger partial charge in [-0.15, -0.1) is 12.4 Å². The predicted molar refractivity (Wildman–Crippen MR) is 89.4 cm³/mol. The second kappa shape index (κ2) is 6.69. The van der Waals surface area contributed by atoms with Crippen LogP contribution >= 0.6 is 12.4 Å². The molecule has 0 aromatic heterocycles. The highest BCUT2D eigenvalue weighted by atomic mass is 35.5. The van der Waals surface area contributed by atoms with E-state index in [0.29, 0.717) is 5.41 Å². The molecule has 3 rings (SSSR count). The van der Waals surface area contributed by atoms with E-state index in [2.05, 4.69) is 23.6 Å². The molecule has 116 valence electrons. The zero-order chi connectivity index (χ0) is 14.0. The van der Waals surface area contributed by atoms with E-state index in [1.807, 2.05) is 12.1 Å². The van der Waals surface area contributed by atoms with Crippen LogP contribution in [0.4, 0.5) is 5.69 Å². The van der Waals surface area contributed by atoms with E-state index in [4.69, 9.17) is 0 Å². The van der Waals surface area contributed by atoms with Crippen LogP contribution in [0.3, 0.4) is 0 Å². The van der Waals surface area contributed by atoms with Gasteiger partial charge in [0.1, 0.15) is 0 Å². The Morgan fingerprint density at radius 2 is 2.14 bits per heavy atom. The lowest BCUT2D eigenvalue weighted by Crippen LogP contribution is -2.42. The van der Waals surface area contributed by atoms with Gasteiger partial charge in [0.05, 0.1) is 0 Å². The molecular formula is C17H25ClN2O. The summed E-state index contributed by atoms with van der Waals surface area (Å²) in [4.78, 5) is 12.5. The number of nitrogens with one attached hydrogen (secondary N) is 2. The number of hydrogen-bond acceptors (Lipinski definition) is 2. The van der Waals surface area contributed by atoms with Gasteiger partial charge < -0.3 is 10.6 Å². The zero-order valence-corrected chi connectivity index (χ0v) is 13.5. The van der Waals surface area contributed by atoms with Gasteiger partial charge in [-0.3, -0.25) is 4.79 Å². The molecule has 2 aliphatic rings. The highest BCUT2D eigenvalue weighted by Crippen LogP contribution is 2.43. The van der Waals surface area contributed by atoms with Gasteiger partial charge in [-0.2, -0.15) is 0 Å². The first-order chi connectivity index (χ1) is 9.74. The molecule has 2 N–H and O–H groups in total. The minimum Gasteiger partial charge on any atom is -0.385 e. The fraction of sp³-hybridized carbons (Fsp3) is 0.588. The maximum Gasteiger partial charge on any atom is 0.251 e. The summed E-state index contributed by atoms with van der Waals surface area (Å²) in [6.07, 6.45) is 7.12. The van der Waals surface area contributed by atoms with Gasteiger partial charge in [-0.25, -0.2) is 0 Å². The van der Waals surface area contributed by atoms with Crippen LogP contribution in [0.5, 0.6) is 0 Å². The smallest absolute Gasteiger partial charge is 0.251 e. The van der Waals surface area contributed by atoms with E-state index in [1.165, 1.54) is 31.2 Å². The highest BCUT2D eigenvalue weighted by Gasteiger charge is 2.35. The van der Waals surface area contributed by atoms with E-state index in [1.54, 1.807) is 0 Å².